The van der Waals surface area contributed by atoms with Gasteiger partial charge in [0.25, 0.3) is 5.91 Å². The fraction of sp³-hybridized carbons (Fsp3) is 0.167. The maximum absolute atomic E-state index is 13.2. The van der Waals surface area contributed by atoms with Gasteiger partial charge >= 0.3 is 0 Å². The summed E-state index contributed by atoms with van der Waals surface area (Å²) >= 11 is 6.18. The van der Waals surface area contributed by atoms with Crippen LogP contribution in [-0.2, 0) is 11.2 Å². The van der Waals surface area contributed by atoms with E-state index in [1.54, 1.807) is 43.3 Å². The SMILES string of the molecule is Cc1ccc(C(=O)C2=C(O)C(=O)N(CCc3ccccc3)C2c2cccc(Cl)c2)o1. The summed E-state index contributed by atoms with van der Waals surface area (Å²) in [6.45, 7) is 2.06. The number of halogens is 1. The molecule has 2 heterocycles. The highest BCUT2D eigenvalue weighted by Crippen LogP contribution is 2.39. The van der Waals surface area contributed by atoms with Crippen LogP contribution in [0.25, 0.3) is 0 Å². The molecule has 0 spiro atoms. The molecule has 0 fully saturated rings. The molecule has 1 aromatic heterocycles. The van der Waals surface area contributed by atoms with Gasteiger partial charge in [-0.15, -0.1) is 0 Å². The zero-order valence-corrected chi connectivity index (χ0v) is 17.1. The van der Waals surface area contributed by atoms with Crippen molar-refractivity contribution < 1.29 is 19.1 Å². The molecule has 0 radical (unpaired) electrons. The number of nitrogens with zero attached hydrogens (tertiary/aromatic N) is 1. The van der Waals surface area contributed by atoms with Gasteiger partial charge in [0, 0.05) is 11.6 Å². The molecule has 30 heavy (non-hydrogen) atoms. The number of furan rings is 1. The van der Waals surface area contributed by atoms with Gasteiger partial charge in [0.15, 0.2) is 11.5 Å². The van der Waals surface area contributed by atoms with Crippen LogP contribution in [0.5, 0.6) is 0 Å². The van der Waals surface area contributed by atoms with Crippen molar-refractivity contribution in [2.75, 3.05) is 6.54 Å². The maximum Gasteiger partial charge on any atom is 0.290 e. The Morgan fingerprint density at radius 1 is 1.10 bits per heavy atom. The van der Waals surface area contributed by atoms with E-state index in [0.717, 1.165) is 5.56 Å². The van der Waals surface area contributed by atoms with Crippen molar-refractivity contribution in [1.82, 2.24) is 4.90 Å². The summed E-state index contributed by atoms with van der Waals surface area (Å²) in [6, 6.07) is 19.2. The molecule has 1 unspecified atom stereocenters. The number of hydrogen-bond donors (Lipinski definition) is 1. The summed E-state index contributed by atoms with van der Waals surface area (Å²) in [5, 5.41) is 11.1. The number of ketones is 1. The van der Waals surface area contributed by atoms with Crippen LogP contribution >= 0.6 is 11.6 Å². The molecular weight excluding hydrogens is 402 g/mol. The number of Topliss-reactive ketones (excluding diaryl/α,β-unsaturated/α-hetero) is 1. The van der Waals surface area contributed by atoms with E-state index in [2.05, 4.69) is 0 Å². The molecule has 0 saturated carbocycles. The molecule has 1 amide bonds. The maximum atomic E-state index is 13.2. The number of aryl methyl sites for hydroxylation is 1. The van der Waals surface area contributed by atoms with Gasteiger partial charge in [0.05, 0.1) is 11.6 Å². The fourth-order valence-electron chi connectivity index (χ4n) is 3.72. The Bertz CT molecular complexity index is 1130. The van der Waals surface area contributed by atoms with Crippen molar-refractivity contribution in [3.05, 3.63) is 106 Å². The minimum Gasteiger partial charge on any atom is -0.503 e. The van der Waals surface area contributed by atoms with Crippen molar-refractivity contribution >= 4 is 23.3 Å². The first kappa shape index (κ1) is 20.0. The third-order valence-electron chi connectivity index (χ3n) is 5.16. The Labute approximate surface area is 179 Å². The first-order valence-electron chi connectivity index (χ1n) is 9.60. The van der Waals surface area contributed by atoms with E-state index in [-0.39, 0.29) is 11.3 Å². The Balaban J connectivity index is 1.73. The van der Waals surface area contributed by atoms with E-state index >= 15 is 0 Å². The summed E-state index contributed by atoms with van der Waals surface area (Å²) in [4.78, 5) is 27.6. The van der Waals surface area contributed by atoms with Crippen LogP contribution in [0, 0.1) is 6.92 Å². The number of rotatable bonds is 6. The summed E-state index contributed by atoms with van der Waals surface area (Å²) < 4.78 is 5.46. The van der Waals surface area contributed by atoms with Gasteiger partial charge in [-0.05, 0) is 48.7 Å². The molecule has 152 valence electrons. The van der Waals surface area contributed by atoms with Gasteiger partial charge in [-0.25, -0.2) is 0 Å². The molecule has 0 aliphatic carbocycles. The van der Waals surface area contributed by atoms with E-state index in [1.807, 2.05) is 30.3 Å². The van der Waals surface area contributed by atoms with Gasteiger partial charge in [0.2, 0.25) is 5.78 Å². The van der Waals surface area contributed by atoms with Crippen LogP contribution in [0.4, 0.5) is 0 Å². The average molecular weight is 422 g/mol. The van der Waals surface area contributed by atoms with E-state index in [4.69, 9.17) is 16.0 Å². The zero-order valence-electron chi connectivity index (χ0n) is 16.3. The summed E-state index contributed by atoms with van der Waals surface area (Å²) in [5.74, 6) is -0.988. The average Bonchev–Trinajstić information content (AvgIpc) is 3.28. The molecule has 0 saturated heterocycles. The molecule has 1 N–H and O–H groups in total. The molecule has 1 aliphatic heterocycles. The highest BCUT2D eigenvalue weighted by atomic mass is 35.5. The lowest BCUT2D eigenvalue weighted by Crippen LogP contribution is -2.33. The molecular formula is C24H20ClNO4. The Morgan fingerprint density at radius 3 is 2.53 bits per heavy atom. The van der Waals surface area contributed by atoms with Gasteiger partial charge < -0.3 is 14.4 Å². The third-order valence-corrected chi connectivity index (χ3v) is 5.40. The highest BCUT2D eigenvalue weighted by Gasteiger charge is 2.44. The number of hydrogen-bond acceptors (Lipinski definition) is 4. The Morgan fingerprint density at radius 2 is 1.87 bits per heavy atom. The van der Waals surface area contributed by atoms with Crippen molar-refractivity contribution in [3.8, 4) is 0 Å². The van der Waals surface area contributed by atoms with Crippen LogP contribution in [-0.4, -0.2) is 28.2 Å². The molecule has 3 aromatic rings. The van der Waals surface area contributed by atoms with Crippen LogP contribution in [0.1, 0.15) is 33.5 Å². The molecule has 6 heteroatoms. The minimum absolute atomic E-state index is 0.00433. The van der Waals surface area contributed by atoms with Crippen molar-refractivity contribution in [3.63, 3.8) is 0 Å². The number of benzene rings is 2. The first-order valence-corrected chi connectivity index (χ1v) is 9.98. The van der Waals surface area contributed by atoms with Gasteiger partial charge in [-0.2, -0.15) is 0 Å². The number of aliphatic hydroxyl groups excluding tert-OH is 1. The largest absolute Gasteiger partial charge is 0.503 e. The second-order valence-electron chi connectivity index (χ2n) is 7.19. The smallest absolute Gasteiger partial charge is 0.290 e. The summed E-state index contributed by atoms with van der Waals surface area (Å²) in [5.41, 5.74) is 1.71. The third kappa shape index (κ3) is 3.76. The van der Waals surface area contributed by atoms with Crippen LogP contribution < -0.4 is 0 Å². The molecule has 0 bridgehead atoms. The number of amides is 1. The van der Waals surface area contributed by atoms with Crippen LogP contribution in [0.15, 0.2) is 82.5 Å². The topological polar surface area (TPSA) is 70.8 Å². The number of carbonyl (C=O) groups is 2. The van der Waals surface area contributed by atoms with Crippen LogP contribution in [0.2, 0.25) is 5.02 Å². The summed E-state index contributed by atoms with van der Waals surface area (Å²) in [6.07, 6.45) is 0.582. The monoisotopic (exact) mass is 421 g/mol. The normalized spacial score (nSPS) is 16.4. The zero-order chi connectivity index (χ0) is 21.3. The molecule has 1 atom stereocenters. The van der Waals surface area contributed by atoms with Crippen LogP contribution in [0.3, 0.4) is 0 Å². The predicted octanol–water partition coefficient (Wildman–Crippen LogP) is 5.06. The molecule has 4 rings (SSSR count). The summed E-state index contributed by atoms with van der Waals surface area (Å²) in [7, 11) is 0. The van der Waals surface area contributed by atoms with Gasteiger partial charge in [-0.3, -0.25) is 9.59 Å². The molecule has 1 aliphatic rings. The molecule has 5 nitrogen and oxygen atoms in total. The van der Waals surface area contributed by atoms with E-state index in [9.17, 15) is 14.7 Å². The van der Waals surface area contributed by atoms with Crippen molar-refractivity contribution in [1.29, 1.82) is 0 Å². The minimum atomic E-state index is -0.752. The van der Waals surface area contributed by atoms with E-state index < -0.39 is 23.5 Å². The highest BCUT2D eigenvalue weighted by molar-refractivity contribution is 6.30. The quantitative estimate of drug-likeness (QED) is 0.564. The van der Waals surface area contributed by atoms with E-state index in [1.165, 1.54) is 4.90 Å². The van der Waals surface area contributed by atoms with E-state index in [0.29, 0.717) is 29.3 Å². The van der Waals surface area contributed by atoms with Crippen molar-refractivity contribution in [2.45, 2.75) is 19.4 Å². The standard InChI is InChI=1S/C24H20ClNO4/c1-15-10-11-19(30-15)22(27)20-21(17-8-5-9-18(25)14-17)26(24(29)23(20)28)13-12-16-6-3-2-4-7-16/h2-11,14,21,28H,12-13H2,1H3. The second-order valence-corrected chi connectivity index (χ2v) is 7.63. The van der Waals surface area contributed by atoms with Crippen molar-refractivity contribution in [2.24, 2.45) is 0 Å². The first-order chi connectivity index (χ1) is 14.5. The predicted molar refractivity (Wildman–Crippen MR) is 113 cm³/mol. The number of aliphatic hydroxyl groups is 1. The van der Waals surface area contributed by atoms with Gasteiger partial charge in [-0.1, -0.05) is 54.1 Å². The Hall–Kier alpha value is -3.31. The molecule has 2 aromatic carbocycles. The second kappa shape index (κ2) is 8.20. The number of carbonyl (C=O) groups excluding carboxylic acids is 2. The Kier molecular flexibility index (Phi) is 5.46. The lowest BCUT2D eigenvalue weighted by molar-refractivity contribution is -0.129. The van der Waals surface area contributed by atoms with Gasteiger partial charge in [0.1, 0.15) is 5.76 Å². The fourth-order valence-corrected chi connectivity index (χ4v) is 3.92. The lowest BCUT2D eigenvalue weighted by atomic mass is 9.95. The lowest BCUT2D eigenvalue weighted by Gasteiger charge is -2.27.